The maximum Gasteiger partial charge on any atom is 0.416 e. The van der Waals surface area contributed by atoms with Gasteiger partial charge in [0.2, 0.25) is 5.69 Å². The lowest BCUT2D eigenvalue weighted by Gasteiger charge is -2.23. The number of anilines is 1. The summed E-state index contributed by atoms with van der Waals surface area (Å²) >= 11 is 0. The van der Waals surface area contributed by atoms with Crippen LogP contribution in [0.25, 0.3) is 0 Å². The minimum absolute atomic E-state index is 0.502. The first kappa shape index (κ1) is 25.1. The topological polar surface area (TPSA) is 6.25 Å². The minimum atomic E-state index is -4.43. The SMILES string of the molecule is CN1/C(=C/C=C/C2=[N+](C)c3ccc(C(F)(F)F)cc3C2(C)C)C(C)(C)c2ccc(C(F)(F)F)cc21. The fourth-order valence-electron chi connectivity index (χ4n) is 5.26. The van der Waals surface area contributed by atoms with E-state index in [1.165, 1.54) is 24.3 Å². The molecule has 0 spiro atoms. The lowest BCUT2D eigenvalue weighted by molar-refractivity contribution is -0.401. The smallest absolute Gasteiger partial charge is 0.347 e. The molecule has 2 nitrogen and oxygen atoms in total. The summed E-state index contributed by atoms with van der Waals surface area (Å²) in [6, 6.07) is 7.57. The van der Waals surface area contributed by atoms with Crippen LogP contribution in [0.1, 0.15) is 49.9 Å². The molecule has 0 unspecified atom stereocenters. The molecule has 0 atom stereocenters. The molecule has 0 amide bonds. The molecule has 0 fully saturated rings. The largest absolute Gasteiger partial charge is 0.416 e. The van der Waals surface area contributed by atoms with Crippen molar-refractivity contribution in [3.8, 4) is 0 Å². The lowest BCUT2D eigenvalue weighted by Crippen LogP contribution is -2.27. The van der Waals surface area contributed by atoms with Gasteiger partial charge in [-0.2, -0.15) is 30.9 Å². The zero-order chi connectivity index (χ0) is 26.1. The molecule has 0 saturated heterocycles. The Balaban J connectivity index is 1.69. The second-order valence-electron chi connectivity index (χ2n) is 10.1. The third-order valence-corrected chi connectivity index (χ3v) is 7.23. The Hall–Kier alpha value is -3.03. The molecule has 186 valence electrons. The maximum atomic E-state index is 13.3. The Kier molecular flexibility index (Phi) is 5.54. The van der Waals surface area contributed by atoms with Gasteiger partial charge in [-0.3, -0.25) is 0 Å². The van der Waals surface area contributed by atoms with E-state index in [2.05, 4.69) is 0 Å². The zero-order valence-corrected chi connectivity index (χ0v) is 20.4. The molecule has 0 bridgehead atoms. The van der Waals surface area contributed by atoms with Crippen molar-refractivity contribution in [1.29, 1.82) is 0 Å². The Morgan fingerprint density at radius 1 is 0.800 bits per heavy atom. The number of likely N-dealkylation sites (N-methyl/N-ethyl adjacent to an activating group) is 1. The van der Waals surface area contributed by atoms with E-state index in [1.54, 1.807) is 11.9 Å². The first-order chi connectivity index (χ1) is 16.0. The van der Waals surface area contributed by atoms with Gasteiger partial charge in [-0.1, -0.05) is 26.0 Å². The van der Waals surface area contributed by atoms with Crippen molar-refractivity contribution in [3.05, 3.63) is 82.6 Å². The Labute approximate surface area is 200 Å². The molecule has 2 aliphatic rings. The molecule has 35 heavy (non-hydrogen) atoms. The van der Waals surface area contributed by atoms with Crippen LogP contribution in [0, 0.1) is 0 Å². The van der Waals surface area contributed by atoms with Gasteiger partial charge in [0.1, 0.15) is 7.05 Å². The minimum Gasteiger partial charge on any atom is -0.347 e. The molecule has 2 aromatic carbocycles. The fraction of sp³-hybridized carbons (Fsp3) is 0.370. The first-order valence-corrected chi connectivity index (χ1v) is 11.1. The average Bonchev–Trinajstić information content (AvgIpc) is 3.05. The van der Waals surface area contributed by atoms with Crippen LogP contribution in [0.5, 0.6) is 0 Å². The molecular weight excluding hydrogens is 466 g/mol. The van der Waals surface area contributed by atoms with Crippen LogP contribution in [0.15, 0.2) is 60.3 Å². The zero-order valence-electron chi connectivity index (χ0n) is 20.4. The van der Waals surface area contributed by atoms with Gasteiger partial charge in [-0.25, -0.2) is 0 Å². The van der Waals surface area contributed by atoms with Crippen LogP contribution in [-0.4, -0.2) is 24.4 Å². The van der Waals surface area contributed by atoms with Crippen LogP contribution in [0.4, 0.5) is 37.7 Å². The summed E-state index contributed by atoms with van der Waals surface area (Å²) in [5, 5.41) is 0. The molecule has 0 saturated carbocycles. The molecule has 2 aromatic rings. The summed E-state index contributed by atoms with van der Waals surface area (Å²) in [5.41, 5.74) is 1.67. The van der Waals surface area contributed by atoms with E-state index >= 15 is 0 Å². The number of fused-ring (bicyclic) bond motifs is 2. The molecular formula is C27H27F6N2+. The summed E-state index contributed by atoms with van der Waals surface area (Å²) in [7, 11) is 3.55. The fourth-order valence-corrected chi connectivity index (χ4v) is 5.26. The second-order valence-corrected chi connectivity index (χ2v) is 10.1. The summed E-state index contributed by atoms with van der Waals surface area (Å²) in [6.07, 6.45) is -3.33. The van der Waals surface area contributed by atoms with E-state index in [1.807, 2.05) is 57.5 Å². The number of hydrogen-bond donors (Lipinski definition) is 0. The van der Waals surface area contributed by atoms with E-state index < -0.39 is 34.3 Å². The third-order valence-electron chi connectivity index (χ3n) is 7.23. The summed E-state index contributed by atoms with van der Waals surface area (Å²) < 4.78 is 81.5. The molecule has 2 heterocycles. The molecule has 0 aliphatic carbocycles. The van der Waals surface area contributed by atoms with Crippen molar-refractivity contribution in [2.75, 3.05) is 19.0 Å². The van der Waals surface area contributed by atoms with Gasteiger partial charge in [-0.05, 0) is 49.8 Å². The van der Waals surface area contributed by atoms with Gasteiger partial charge in [0.15, 0.2) is 5.71 Å². The third kappa shape index (κ3) is 3.96. The van der Waals surface area contributed by atoms with Crippen LogP contribution in [0.3, 0.4) is 0 Å². The number of benzene rings is 2. The molecule has 8 heteroatoms. The number of halogens is 6. The highest BCUT2D eigenvalue weighted by Crippen LogP contribution is 2.49. The van der Waals surface area contributed by atoms with E-state index in [-0.39, 0.29) is 0 Å². The highest BCUT2D eigenvalue weighted by atomic mass is 19.4. The number of alkyl halides is 6. The van der Waals surface area contributed by atoms with Crippen molar-refractivity contribution in [2.45, 2.75) is 50.9 Å². The Bertz CT molecular complexity index is 1290. The predicted molar refractivity (Wildman–Crippen MR) is 125 cm³/mol. The highest BCUT2D eigenvalue weighted by Gasteiger charge is 2.45. The summed E-state index contributed by atoms with van der Waals surface area (Å²) in [5.74, 6) is 0. The molecule has 2 aliphatic heterocycles. The quantitative estimate of drug-likeness (QED) is 0.309. The number of rotatable bonds is 2. The van der Waals surface area contributed by atoms with Crippen molar-refractivity contribution >= 4 is 17.1 Å². The van der Waals surface area contributed by atoms with Gasteiger partial charge in [-0.15, -0.1) is 0 Å². The predicted octanol–water partition coefficient (Wildman–Crippen LogP) is 7.60. The van der Waals surface area contributed by atoms with E-state index in [9.17, 15) is 26.3 Å². The Morgan fingerprint density at radius 2 is 1.37 bits per heavy atom. The summed E-state index contributed by atoms with van der Waals surface area (Å²) in [4.78, 5) is 1.76. The van der Waals surface area contributed by atoms with Crippen LogP contribution >= 0.6 is 0 Å². The maximum absolute atomic E-state index is 13.3. The van der Waals surface area contributed by atoms with E-state index in [0.717, 1.165) is 29.1 Å². The van der Waals surface area contributed by atoms with Gasteiger partial charge in [0.05, 0.1) is 16.5 Å². The van der Waals surface area contributed by atoms with E-state index in [4.69, 9.17) is 0 Å². The van der Waals surface area contributed by atoms with Gasteiger partial charge >= 0.3 is 12.4 Å². The standard InChI is InChI=1S/C27H27F6N2/c1-24(2)18-12-10-17(27(31,32)33)15-21(18)35(6)22(24)8-7-9-23-25(3,4)19-14-16(26(28,29)30)11-13-20(19)34(23)5/h7-15H,1-6H3/q+1. The van der Waals surface area contributed by atoms with Gasteiger partial charge in [0, 0.05) is 41.6 Å². The second kappa shape index (κ2) is 7.73. The summed E-state index contributed by atoms with van der Waals surface area (Å²) in [6.45, 7) is 7.66. The van der Waals surface area contributed by atoms with Crippen molar-refractivity contribution in [3.63, 3.8) is 0 Å². The highest BCUT2D eigenvalue weighted by molar-refractivity contribution is 6.03. The van der Waals surface area contributed by atoms with Crippen LogP contribution in [0.2, 0.25) is 0 Å². The first-order valence-electron chi connectivity index (χ1n) is 11.1. The van der Waals surface area contributed by atoms with Crippen LogP contribution < -0.4 is 4.90 Å². The molecule has 0 radical (unpaired) electrons. The molecule has 4 rings (SSSR count). The average molecular weight is 494 g/mol. The monoisotopic (exact) mass is 493 g/mol. The number of allylic oxidation sites excluding steroid dienone is 4. The van der Waals surface area contributed by atoms with Crippen LogP contribution in [-0.2, 0) is 23.2 Å². The normalized spacial score (nSPS) is 20.2. The Morgan fingerprint density at radius 3 is 1.97 bits per heavy atom. The van der Waals surface area contributed by atoms with E-state index in [0.29, 0.717) is 16.9 Å². The molecule has 0 N–H and O–H groups in total. The number of nitrogens with zero attached hydrogens (tertiary/aromatic N) is 2. The lowest BCUT2D eigenvalue weighted by atomic mass is 9.80. The number of hydrogen-bond acceptors (Lipinski definition) is 1. The van der Waals surface area contributed by atoms with Gasteiger partial charge < -0.3 is 4.90 Å². The van der Waals surface area contributed by atoms with Gasteiger partial charge in [0.25, 0.3) is 0 Å². The molecule has 0 aromatic heterocycles. The van der Waals surface area contributed by atoms with Crippen molar-refractivity contribution in [1.82, 2.24) is 0 Å². The van der Waals surface area contributed by atoms with Crippen molar-refractivity contribution < 1.29 is 30.9 Å². The van der Waals surface area contributed by atoms with Crippen molar-refractivity contribution in [2.24, 2.45) is 0 Å².